The molecule has 0 aromatic rings. The molecular formula is C20H24O2. The number of hydrogen-bond donors (Lipinski definition) is 0. The Balaban J connectivity index is 4.29. The zero-order valence-corrected chi connectivity index (χ0v) is 13.8. The third-order valence-electron chi connectivity index (χ3n) is 2.82. The van der Waals surface area contributed by atoms with Crippen LogP contribution in [0.2, 0.25) is 0 Å². The summed E-state index contributed by atoms with van der Waals surface area (Å²) < 4.78 is 0. The Morgan fingerprint density at radius 3 is 1.41 bits per heavy atom. The minimum Gasteiger partial charge on any atom is -0.233 e. The predicted molar refractivity (Wildman–Crippen MR) is 93.9 cm³/mol. The summed E-state index contributed by atoms with van der Waals surface area (Å²) in [6, 6.07) is 0. The third-order valence-corrected chi connectivity index (χ3v) is 2.82. The van der Waals surface area contributed by atoms with Gasteiger partial charge >= 0.3 is 0 Å². The summed E-state index contributed by atoms with van der Waals surface area (Å²) in [5.41, 5.74) is 3.63. The van der Waals surface area contributed by atoms with Crippen LogP contribution in [0.15, 0.2) is 70.9 Å². The zero-order valence-electron chi connectivity index (χ0n) is 13.8. The molecule has 0 aromatic heterocycles. The van der Waals surface area contributed by atoms with Gasteiger partial charge in [0.1, 0.15) is 11.9 Å². The summed E-state index contributed by atoms with van der Waals surface area (Å²) in [5, 5.41) is 0. The summed E-state index contributed by atoms with van der Waals surface area (Å²) in [7, 11) is 0. The minimum atomic E-state index is 0.591. The third kappa shape index (κ3) is 11.4. The van der Waals surface area contributed by atoms with Crippen LogP contribution < -0.4 is 0 Å². The van der Waals surface area contributed by atoms with E-state index in [4.69, 9.17) is 0 Å². The Kier molecular flexibility index (Phi) is 11.0. The first-order valence-electron chi connectivity index (χ1n) is 7.25. The van der Waals surface area contributed by atoms with Crippen molar-refractivity contribution in [3.63, 3.8) is 0 Å². The van der Waals surface area contributed by atoms with Crippen LogP contribution in [0.3, 0.4) is 0 Å². The molecule has 0 rings (SSSR count). The molecule has 0 spiro atoms. The molecule has 22 heavy (non-hydrogen) atoms. The van der Waals surface area contributed by atoms with Crippen molar-refractivity contribution in [3.8, 4) is 0 Å². The fourth-order valence-corrected chi connectivity index (χ4v) is 1.46. The van der Waals surface area contributed by atoms with Gasteiger partial charge < -0.3 is 0 Å². The Hall–Kier alpha value is -2.40. The molecule has 0 aliphatic rings. The van der Waals surface area contributed by atoms with Crippen molar-refractivity contribution < 1.29 is 9.59 Å². The fourth-order valence-electron chi connectivity index (χ4n) is 1.46. The van der Waals surface area contributed by atoms with Crippen molar-refractivity contribution in [2.45, 2.75) is 40.5 Å². The van der Waals surface area contributed by atoms with E-state index in [1.807, 2.05) is 36.2 Å². The van der Waals surface area contributed by atoms with E-state index in [1.165, 1.54) is 11.1 Å². The van der Waals surface area contributed by atoms with Gasteiger partial charge in [0.15, 0.2) is 0 Å². The van der Waals surface area contributed by atoms with E-state index in [0.29, 0.717) is 11.1 Å². The summed E-state index contributed by atoms with van der Waals surface area (Å²) in [6.45, 7) is 7.55. The van der Waals surface area contributed by atoms with Gasteiger partial charge in [-0.1, -0.05) is 47.6 Å². The molecule has 0 atom stereocenters. The van der Waals surface area contributed by atoms with Crippen LogP contribution in [0, 0.1) is 0 Å². The first-order chi connectivity index (χ1) is 10.5. The van der Waals surface area contributed by atoms with E-state index in [0.717, 1.165) is 12.8 Å². The van der Waals surface area contributed by atoms with Gasteiger partial charge in [0.2, 0.25) is 0 Å². The van der Waals surface area contributed by atoms with E-state index in [9.17, 15) is 9.59 Å². The van der Waals surface area contributed by atoms with Gasteiger partial charge in [0, 0.05) is 11.1 Å². The van der Waals surface area contributed by atoms with Crippen LogP contribution in [0.5, 0.6) is 0 Å². The van der Waals surface area contributed by atoms with Crippen molar-refractivity contribution in [2.75, 3.05) is 0 Å². The van der Waals surface area contributed by atoms with E-state index in [1.54, 1.807) is 26.0 Å². The first kappa shape index (κ1) is 19.6. The molecule has 0 unspecified atom stereocenters. The van der Waals surface area contributed by atoms with Crippen molar-refractivity contribution in [2.24, 2.45) is 0 Å². The second-order valence-corrected chi connectivity index (χ2v) is 5.19. The molecule has 0 amide bonds. The lowest BCUT2D eigenvalue weighted by atomic mass is 10.1. The van der Waals surface area contributed by atoms with Gasteiger partial charge in [0.05, 0.1) is 0 Å². The Bertz CT molecular complexity index is 544. The van der Waals surface area contributed by atoms with Crippen LogP contribution in [0.1, 0.15) is 40.5 Å². The van der Waals surface area contributed by atoms with E-state index in [-0.39, 0.29) is 0 Å². The maximum absolute atomic E-state index is 10.3. The molecule has 0 N–H and O–H groups in total. The Labute approximate surface area is 133 Å². The largest absolute Gasteiger partial charge is 0.233 e. The van der Waals surface area contributed by atoms with Crippen LogP contribution in [0.4, 0.5) is 0 Å². The normalized spacial score (nSPS) is 12.9. The number of hydrogen-bond acceptors (Lipinski definition) is 2. The van der Waals surface area contributed by atoms with Gasteiger partial charge in [-0.25, -0.2) is 9.59 Å². The molecular weight excluding hydrogens is 272 g/mol. The highest BCUT2D eigenvalue weighted by atomic mass is 16.1. The Morgan fingerprint density at radius 2 is 1.09 bits per heavy atom. The lowest BCUT2D eigenvalue weighted by Crippen LogP contribution is -1.75. The fraction of sp³-hybridized carbons (Fsp3) is 0.300. The minimum absolute atomic E-state index is 0.591. The summed E-state index contributed by atoms with van der Waals surface area (Å²) in [4.78, 5) is 20.6. The van der Waals surface area contributed by atoms with Crippen LogP contribution in [-0.2, 0) is 9.59 Å². The molecule has 0 aliphatic heterocycles. The second-order valence-electron chi connectivity index (χ2n) is 5.19. The summed E-state index contributed by atoms with van der Waals surface area (Å²) in [6.07, 6.45) is 17.2. The van der Waals surface area contributed by atoms with Crippen molar-refractivity contribution in [3.05, 3.63) is 70.9 Å². The van der Waals surface area contributed by atoms with Gasteiger partial charge in [-0.3, -0.25) is 0 Å². The van der Waals surface area contributed by atoms with E-state index < -0.39 is 0 Å². The first-order valence-corrected chi connectivity index (χ1v) is 7.25. The van der Waals surface area contributed by atoms with Gasteiger partial charge in [-0.15, -0.1) is 0 Å². The van der Waals surface area contributed by atoms with Crippen molar-refractivity contribution >= 4 is 11.9 Å². The van der Waals surface area contributed by atoms with Gasteiger partial charge in [0.25, 0.3) is 0 Å². The highest BCUT2D eigenvalue weighted by Crippen LogP contribution is 2.06. The van der Waals surface area contributed by atoms with Gasteiger partial charge in [-0.2, -0.15) is 0 Å². The smallest absolute Gasteiger partial charge is 0.127 e. The highest BCUT2D eigenvalue weighted by molar-refractivity contribution is 5.56. The molecule has 2 heteroatoms. The topological polar surface area (TPSA) is 34.1 Å². The monoisotopic (exact) mass is 296 g/mol. The van der Waals surface area contributed by atoms with Crippen LogP contribution in [0.25, 0.3) is 0 Å². The molecule has 0 aromatic carbocycles. The Morgan fingerprint density at radius 1 is 0.727 bits per heavy atom. The number of carbonyl (C=O) groups excluding carboxylic acids is 2. The molecule has 0 heterocycles. The van der Waals surface area contributed by atoms with E-state index >= 15 is 0 Å². The average molecular weight is 296 g/mol. The molecule has 0 radical (unpaired) electrons. The molecule has 0 saturated carbocycles. The zero-order chi connectivity index (χ0) is 16.8. The van der Waals surface area contributed by atoms with Gasteiger partial charge in [-0.05, 0) is 52.7 Å². The molecule has 116 valence electrons. The summed E-state index contributed by atoms with van der Waals surface area (Å²) in [5.74, 6) is 3.67. The van der Waals surface area contributed by atoms with Crippen LogP contribution >= 0.6 is 0 Å². The maximum Gasteiger partial charge on any atom is 0.127 e. The maximum atomic E-state index is 10.3. The lowest BCUT2D eigenvalue weighted by Gasteiger charge is -1.95. The quantitative estimate of drug-likeness (QED) is 0.363. The molecule has 0 fully saturated rings. The molecule has 2 nitrogen and oxygen atoms in total. The van der Waals surface area contributed by atoms with E-state index in [2.05, 4.69) is 26.0 Å². The highest BCUT2D eigenvalue weighted by Gasteiger charge is 1.86. The SMILES string of the molecule is CC(=C=O)/C=C\C=C(/C)C/C=C/C/C(C)=C/C=C\C(C)=C=O. The number of allylic oxidation sites excluding steroid dienone is 12. The lowest BCUT2D eigenvalue weighted by molar-refractivity contribution is 0.567. The number of rotatable bonds is 8. The predicted octanol–water partition coefficient (Wildman–Crippen LogP) is 4.88. The molecule has 0 saturated heterocycles. The van der Waals surface area contributed by atoms with Crippen LogP contribution in [-0.4, -0.2) is 11.9 Å². The average Bonchev–Trinajstić information content (AvgIpc) is 2.51. The van der Waals surface area contributed by atoms with Crippen molar-refractivity contribution in [1.29, 1.82) is 0 Å². The molecule has 0 bridgehead atoms. The molecule has 0 aliphatic carbocycles. The van der Waals surface area contributed by atoms with Crippen molar-refractivity contribution in [1.82, 2.24) is 0 Å². The standard InChI is InChI=1S/C20H24O2/c1-17(11-7-13-19(3)15-21)9-5-6-10-18(2)12-8-14-20(4)16-22/h5-8,11-14H,9-10H2,1-4H3/b6-5+,13-7-,14-8-,17-11+,18-12+. The summed E-state index contributed by atoms with van der Waals surface area (Å²) >= 11 is 0. The second kappa shape index (κ2) is 12.3.